The second-order valence-corrected chi connectivity index (χ2v) is 9.77. The van der Waals surface area contributed by atoms with E-state index in [-0.39, 0.29) is 23.4 Å². The molecule has 7 nitrogen and oxygen atoms in total. The number of sulfonamides is 1. The minimum atomic E-state index is -4.87. The molecule has 2 amide bonds. The van der Waals surface area contributed by atoms with Gasteiger partial charge in [-0.1, -0.05) is 30.7 Å². The number of benzene rings is 2. The number of nitrogens with one attached hydrogen (secondary N) is 1. The first kappa shape index (κ1) is 24.7. The summed E-state index contributed by atoms with van der Waals surface area (Å²) >= 11 is 5.59. The third-order valence-electron chi connectivity index (χ3n) is 5.45. The smallest absolute Gasteiger partial charge is 0.279 e. The van der Waals surface area contributed by atoms with Crippen molar-refractivity contribution >= 4 is 39.1 Å². The van der Waals surface area contributed by atoms with E-state index in [1.165, 1.54) is 24.5 Å². The van der Waals surface area contributed by atoms with Gasteiger partial charge in [-0.2, -0.15) is 13.2 Å². The number of rotatable bonds is 6. The number of aryl methyl sites for hydroxylation is 1. The number of hydrogen-bond acceptors (Lipinski definition) is 5. The monoisotopic (exact) mass is 523 g/mol. The highest BCUT2D eigenvalue weighted by molar-refractivity contribution is 7.92. The summed E-state index contributed by atoms with van der Waals surface area (Å²) in [6.07, 6.45) is -1.45. The average Bonchev–Trinajstić information content (AvgIpc) is 3.05. The number of carbonyl (C=O) groups excluding carboxylic acids is 2. The number of anilines is 1. The highest BCUT2D eigenvalue weighted by atomic mass is 35.5. The Bertz CT molecular complexity index is 1440. The van der Waals surface area contributed by atoms with Crippen LogP contribution < -0.4 is 4.72 Å². The fraction of sp³-hybridized carbons (Fsp3) is 0.174. The van der Waals surface area contributed by atoms with Gasteiger partial charge in [-0.25, -0.2) is 8.42 Å². The second-order valence-electron chi connectivity index (χ2n) is 7.68. The molecule has 0 bridgehead atoms. The lowest BCUT2D eigenvalue weighted by Crippen LogP contribution is -2.29. The average molecular weight is 524 g/mol. The lowest BCUT2D eigenvalue weighted by atomic mass is 9.99. The fourth-order valence-electron chi connectivity index (χ4n) is 3.76. The number of nitrogens with zero attached hydrogens (tertiary/aromatic N) is 2. The summed E-state index contributed by atoms with van der Waals surface area (Å²) in [4.78, 5) is 30.6. The van der Waals surface area contributed by atoms with Crippen LogP contribution in [0.2, 0.25) is 5.02 Å². The Balaban J connectivity index is 1.75. The molecule has 2 heterocycles. The Morgan fingerprint density at radius 2 is 1.77 bits per heavy atom. The molecule has 2 aromatic carbocycles. The summed E-state index contributed by atoms with van der Waals surface area (Å²) in [5, 5.41) is -0.656. The molecule has 4 rings (SSSR count). The standard InChI is InChI=1S/C23H17ClF3N3O4S/c1-2-14-5-8-18(29-35(33,34)15-6-7-17(24)16(10-15)23(25,26)27)20-19(14)21(31)30(22(20)32)12-13-4-3-9-28-11-13/h3-11,29H,2,12H2,1H3. The van der Waals surface area contributed by atoms with Crippen LogP contribution in [0.3, 0.4) is 0 Å². The number of fused-ring (bicyclic) bond motifs is 1. The lowest BCUT2D eigenvalue weighted by molar-refractivity contribution is -0.137. The molecule has 182 valence electrons. The maximum absolute atomic E-state index is 13.2. The highest BCUT2D eigenvalue weighted by Gasteiger charge is 2.40. The van der Waals surface area contributed by atoms with Crippen LogP contribution in [0.15, 0.2) is 59.8 Å². The molecule has 0 saturated heterocycles. The van der Waals surface area contributed by atoms with Gasteiger partial charge in [0, 0.05) is 12.4 Å². The summed E-state index contributed by atoms with van der Waals surface area (Å²) in [5.41, 5.74) is -0.528. The molecule has 1 N–H and O–H groups in total. The summed E-state index contributed by atoms with van der Waals surface area (Å²) in [7, 11) is -4.57. The Kier molecular flexibility index (Phi) is 6.32. The third-order valence-corrected chi connectivity index (χ3v) is 7.14. The number of imide groups is 1. The van der Waals surface area contributed by atoms with E-state index >= 15 is 0 Å². The van der Waals surface area contributed by atoms with Crippen molar-refractivity contribution in [2.45, 2.75) is 31.0 Å². The summed E-state index contributed by atoms with van der Waals surface area (Å²) in [5.74, 6) is -1.33. The number of amides is 2. The highest BCUT2D eigenvalue weighted by Crippen LogP contribution is 2.37. The number of hydrogen-bond donors (Lipinski definition) is 1. The summed E-state index contributed by atoms with van der Waals surface area (Å²) < 4.78 is 67.8. The number of halogens is 4. The summed E-state index contributed by atoms with van der Waals surface area (Å²) in [6, 6.07) is 8.29. The third kappa shape index (κ3) is 4.61. The van der Waals surface area contributed by atoms with Crippen LogP contribution in [0, 0.1) is 0 Å². The SMILES string of the molecule is CCc1ccc(NS(=O)(=O)c2ccc(Cl)c(C(F)(F)F)c2)c2c1C(=O)N(Cc1cccnc1)C2=O. The van der Waals surface area contributed by atoms with Gasteiger partial charge in [0.25, 0.3) is 21.8 Å². The first-order valence-corrected chi connectivity index (χ1v) is 12.1. The minimum Gasteiger partial charge on any atom is -0.279 e. The first-order valence-electron chi connectivity index (χ1n) is 10.2. The van der Waals surface area contributed by atoms with Crippen LogP contribution >= 0.6 is 11.6 Å². The molecule has 0 atom stereocenters. The van der Waals surface area contributed by atoms with Crippen molar-refractivity contribution in [3.05, 3.63) is 87.7 Å². The molecular formula is C23H17ClF3N3O4S. The maximum atomic E-state index is 13.2. The van der Waals surface area contributed by atoms with Crippen LogP contribution in [0.5, 0.6) is 0 Å². The van der Waals surface area contributed by atoms with Crippen molar-refractivity contribution in [2.24, 2.45) is 0 Å². The molecule has 0 unspecified atom stereocenters. The van der Waals surface area contributed by atoms with E-state index in [9.17, 15) is 31.2 Å². The Hall–Kier alpha value is -3.44. The van der Waals surface area contributed by atoms with Crippen molar-refractivity contribution < 1.29 is 31.2 Å². The number of aromatic nitrogens is 1. The van der Waals surface area contributed by atoms with Crippen LogP contribution in [0.25, 0.3) is 0 Å². The number of carbonyl (C=O) groups is 2. The molecule has 1 aliphatic heterocycles. The molecule has 1 aliphatic rings. The van der Waals surface area contributed by atoms with Gasteiger partial charge in [0.15, 0.2) is 0 Å². The van der Waals surface area contributed by atoms with Crippen molar-refractivity contribution in [2.75, 3.05) is 4.72 Å². The van der Waals surface area contributed by atoms with Gasteiger partial charge in [-0.15, -0.1) is 0 Å². The quantitative estimate of drug-likeness (QED) is 0.463. The van der Waals surface area contributed by atoms with Gasteiger partial charge in [-0.3, -0.25) is 24.2 Å². The van der Waals surface area contributed by atoms with E-state index < -0.39 is 43.5 Å². The van der Waals surface area contributed by atoms with Crippen molar-refractivity contribution in [3.8, 4) is 0 Å². The van der Waals surface area contributed by atoms with Gasteiger partial charge in [0.2, 0.25) is 0 Å². The van der Waals surface area contributed by atoms with Gasteiger partial charge in [-0.05, 0) is 47.9 Å². The molecule has 0 aliphatic carbocycles. The number of alkyl halides is 3. The van der Waals surface area contributed by atoms with E-state index in [1.54, 1.807) is 19.1 Å². The fourth-order valence-corrected chi connectivity index (χ4v) is 5.09. The largest absolute Gasteiger partial charge is 0.417 e. The first-order chi connectivity index (χ1) is 16.4. The van der Waals surface area contributed by atoms with E-state index in [4.69, 9.17) is 11.6 Å². The van der Waals surface area contributed by atoms with Gasteiger partial charge < -0.3 is 0 Å². The molecule has 12 heteroatoms. The minimum absolute atomic E-state index is 0.0497. The van der Waals surface area contributed by atoms with Crippen LogP contribution in [-0.2, 0) is 29.2 Å². The molecule has 35 heavy (non-hydrogen) atoms. The Labute approximate surface area is 203 Å². The predicted molar refractivity (Wildman–Crippen MR) is 122 cm³/mol. The van der Waals surface area contributed by atoms with Gasteiger partial charge >= 0.3 is 6.18 Å². The molecule has 0 radical (unpaired) electrons. The van der Waals surface area contributed by atoms with Crippen LogP contribution in [0.1, 0.15) is 44.3 Å². The zero-order valence-corrected chi connectivity index (χ0v) is 19.6. The molecule has 0 spiro atoms. The van der Waals surface area contributed by atoms with E-state index in [1.807, 2.05) is 0 Å². The van der Waals surface area contributed by atoms with Crippen LogP contribution in [-0.4, -0.2) is 30.1 Å². The van der Waals surface area contributed by atoms with Crippen molar-refractivity contribution in [1.82, 2.24) is 9.88 Å². The molecule has 3 aromatic rings. The van der Waals surface area contributed by atoms with Gasteiger partial charge in [0.1, 0.15) is 0 Å². The van der Waals surface area contributed by atoms with Crippen molar-refractivity contribution in [3.63, 3.8) is 0 Å². The predicted octanol–water partition coefficient (Wildman–Crippen LogP) is 4.91. The van der Waals surface area contributed by atoms with Crippen LogP contribution in [0.4, 0.5) is 18.9 Å². The zero-order chi connectivity index (χ0) is 25.5. The molecule has 0 fully saturated rings. The molecule has 1 aromatic heterocycles. The van der Waals surface area contributed by atoms with Crippen molar-refractivity contribution in [1.29, 1.82) is 0 Å². The van der Waals surface area contributed by atoms with E-state index in [0.717, 1.165) is 17.0 Å². The Morgan fingerprint density at radius 3 is 2.40 bits per heavy atom. The number of pyridine rings is 1. The zero-order valence-electron chi connectivity index (χ0n) is 18.1. The summed E-state index contributed by atoms with van der Waals surface area (Å²) in [6.45, 7) is 1.69. The normalized spacial score (nSPS) is 13.8. The topological polar surface area (TPSA) is 96.4 Å². The Morgan fingerprint density at radius 1 is 1.06 bits per heavy atom. The van der Waals surface area contributed by atoms with E-state index in [2.05, 4.69) is 9.71 Å². The lowest BCUT2D eigenvalue weighted by Gasteiger charge is -2.15. The van der Waals surface area contributed by atoms with E-state index in [0.29, 0.717) is 23.6 Å². The maximum Gasteiger partial charge on any atom is 0.417 e. The second kappa shape index (κ2) is 8.97. The molecular weight excluding hydrogens is 507 g/mol. The van der Waals surface area contributed by atoms with Gasteiger partial charge in [0.05, 0.1) is 38.8 Å². The molecule has 0 saturated carbocycles.